The quantitative estimate of drug-likeness (QED) is 0.192. The highest BCUT2D eigenvalue weighted by Crippen LogP contribution is 2.33. The summed E-state index contributed by atoms with van der Waals surface area (Å²) in [4.78, 5) is 37.1. The van der Waals surface area contributed by atoms with E-state index in [1.54, 1.807) is 53.4 Å². The Morgan fingerprint density at radius 2 is 1.87 bits per heavy atom. The Balaban J connectivity index is 1.61. The van der Waals surface area contributed by atoms with Crippen LogP contribution in [-0.2, 0) is 17.4 Å². The van der Waals surface area contributed by atoms with Crippen LogP contribution in [-0.4, -0.2) is 64.6 Å². The SMILES string of the molecule is CCOc1ccc(-n2c(C(CCN)N(CCC3CCCN3C)C(=O)Cc3ccc(C(F)(F)F)c(F)c3)nc3ccccc3c2=O)cc1. The number of ether oxygens (including phenoxy) is 1. The van der Waals surface area contributed by atoms with Crippen molar-refractivity contribution >= 4 is 16.8 Å². The molecule has 2 N–H and O–H groups in total. The molecule has 1 aliphatic heterocycles. The zero-order valence-corrected chi connectivity index (χ0v) is 26.5. The summed E-state index contributed by atoms with van der Waals surface area (Å²) >= 11 is 0. The summed E-state index contributed by atoms with van der Waals surface area (Å²) in [5, 5.41) is 0.391. The second kappa shape index (κ2) is 14.6. The van der Waals surface area contributed by atoms with Gasteiger partial charge in [0.2, 0.25) is 5.91 Å². The van der Waals surface area contributed by atoms with Crippen molar-refractivity contribution in [3.05, 3.63) is 99.9 Å². The van der Waals surface area contributed by atoms with Crippen LogP contribution in [0.1, 0.15) is 55.6 Å². The van der Waals surface area contributed by atoms with Crippen LogP contribution in [0.15, 0.2) is 71.5 Å². The molecule has 0 bridgehead atoms. The number of benzene rings is 3. The van der Waals surface area contributed by atoms with Gasteiger partial charge in [0.1, 0.15) is 17.4 Å². The Labute approximate surface area is 270 Å². The lowest BCUT2D eigenvalue weighted by Crippen LogP contribution is -2.42. The summed E-state index contributed by atoms with van der Waals surface area (Å²) < 4.78 is 61.3. The Hall–Kier alpha value is -4.29. The lowest BCUT2D eigenvalue weighted by atomic mass is 10.0. The van der Waals surface area contributed by atoms with Crippen LogP contribution in [0.4, 0.5) is 17.6 Å². The molecule has 12 heteroatoms. The van der Waals surface area contributed by atoms with Crippen LogP contribution in [0.5, 0.6) is 5.75 Å². The number of amides is 1. The molecule has 250 valence electrons. The van der Waals surface area contributed by atoms with E-state index >= 15 is 0 Å². The molecule has 2 atom stereocenters. The maximum Gasteiger partial charge on any atom is 0.419 e. The third-order valence-electron chi connectivity index (χ3n) is 8.71. The van der Waals surface area contributed by atoms with Gasteiger partial charge in [0.15, 0.2) is 0 Å². The number of alkyl halides is 3. The van der Waals surface area contributed by atoms with E-state index in [9.17, 15) is 27.2 Å². The number of carbonyl (C=O) groups excluding carboxylic acids is 1. The molecule has 1 aromatic heterocycles. The molecule has 1 saturated heterocycles. The number of carbonyl (C=O) groups is 1. The van der Waals surface area contributed by atoms with E-state index in [2.05, 4.69) is 4.90 Å². The maximum absolute atomic E-state index is 14.5. The van der Waals surface area contributed by atoms with Gasteiger partial charge in [-0.3, -0.25) is 14.2 Å². The molecule has 5 rings (SSSR count). The number of hydrogen-bond acceptors (Lipinski definition) is 6. The first kappa shape index (κ1) is 34.1. The van der Waals surface area contributed by atoms with Crippen molar-refractivity contribution < 1.29 is 27.1 Å². The number of fused-ring (bicyclic) bond motifs is 1. The molecule has 3 aromatic carbocycles. The molecule has 1 aliphatic rings. The molecule has 1 amide bonds. The highest BCUT2D eigenvalue weighted by Gasteiger charge is 2.35. The normalized spacial score (nSPS) is 16.0. The van der Waals surface area contributed by atoms with Crippen molar-refractivity contribution in [2.75, 3.05) is 33.3 Å². The summed E-state index contributed by atoms with van der Waals surface area (Å²) in [5.41, 5.74) is 5.48. The van der Waals surface area contributed by atoms with E-state index in [1.807, 2.05) is 14.0 Å². The number of para-hydroxylation sites is 1. The van der Waals surface area contributed by atoms with E-state index in [-0.39, 0.29) is 43.1 Å². The first-order chi connectivity index (χ1) is 22.5. The Bertz CT molecular complexity index is 1760. The van der Waals surface area contributed by atoms with Gasteiger partial charge in [-0.05, 0) is 107 Å². The van der Waals surface area contributed by atoms with Gasteiger partial charge in [-0.2, -0.15) is 13.2 Å². The van der Waals surface area contributed by atoms with Crippen molar-refractivity contribution in [2.24, 2.45) is 5.73 Å². The fourth-order valence-corrected chi connectivity index (χ4v) is 6.32. The van der Waals surface area contributed by atoms with E-state index in [0.29, 0.717) is 47.3 Å². The number of likely N-dealkylation sites (tertiary alicyclic amines) is 1. The zero-order chi connectivity index (χ0) is 33.7. The Kier molecular flexibility index (Phi) is 10.6. The molecule has 47 heavy (non-hydrogen) atoms. The van der Waals surface area contributed by atoms with Gasteiger partial charge in [-0.15, -0.1) is 0 Å². The molecule has 4 aromatic rings. The summed E-state index contributed by atoms with van der Waals surface area (Å²) in [5.74, 6) is -0.959. The molecule has 1 fully saturated rings. The standard InChI is InChI=1S/C35H39F4N5O3/c1-3-47-26-13-11-25(12-14-26)44-33(41-30-9-5-4-8-27(30)34(44)46)31(16-18-40)43(20-17-24-7-6-19-42(24)2)32(45)22-23-10-15-28(29(36)21-23)35(37,38)39/h4-5,8-15,21,24,31H,3,6-7,16-20,22,40H2,1-2H3. The van der Waals surface area contributed by atoms with Crippen LogP contribution in [0.3, 0.4) is 0 Å². The highest BCUT2D eigenvalue weighted by atomic mass is 19.4. The zero-order valence-electron chi connectivity index (χ0n) is 26.5. The molecule has 2 unspecified atom stereocenters. The number of halogens is 4. The number of nitrogens with zero attached hydrogens (tertiary/aromatic N) is 4. The molecular formula is C35H39F4N5O3. The smallest absolute Gasteiger partial charge is 0.419 e. The van der Waals surface area contributed by atoms with Crippen LogP contribution < -0.4 is 16.0 Å². The molecule has 0 spiro atoms. The summed E-state index contributed by atoms with van der Waals surface area (Å²) in [6.45, 7) is 3.69. The minimum absolute atomic E-state index is 0.102. The topological polar surface area (TPSA) is 93.7 Å². The molecule has 2 heterocycles. The second-order valence-electron chi connectivity index (χ2n) is 11.8. The molecule has 8 nitrogen and oxygen atoms in total. The van der Waals surface area contributed by atoms with Crippen molar-refractivity contribution in [3.8, 4) is 11.4 Å². The molecule has 0 aliphatic carbocycles. The first-order valence-corrected chi connectivity index (χ1v) is 15.8. The lowest BCUT2D eigenvalue weighted by molar-refractivity contribution is -0.140. The van der Waals surface area contributed by atoms with Gasteiger partial charge in [-0.25, -0.2) is 9.37 Å². The van der Waals surface area contributed by atoms with E-state index in [0.717, 1.165) is 31.5 Å². The van der Waals surface area contributed by atoms with Crippen LogP contribution >= 0.6 is 0 Å². The Morgan fingerprint density at radius 3 is 2.51 bits per heavy atom. The number of hydrogen-bond donors (Lipinski definition) is 1. The van der Waals surface area contributed by atoms with Crippen molar-refractivity contribution in [2.45, 2.75) is 57.3 Å². The van der Waals surface area contributed by atoms with Gasteiger partial charge in [0.25, 0.3) is 5.56 Å². The first-order valence-electron chi connectivity index (χ1n) is 15.8. The number of aromatic nitrogens is 2. The monoisotopic (exact) mass is 653 g/mol. The average molecular weight is 654 g/mol. The van der Waals surface area contributed by atoms with Gasteiger partial charge >= 0.3 is 6.18 Å². The molecule has 0 radical (unpaired) electrons. The fraction of sp³-hybridized carbons (Fsp3) is 0.400. The second-order valence-corrected chi connectivity index (χ2v) is 11.8. The van der Waals surface area contributed by atoms with Gasteiger partial charge < -0.3 is 20.3 Å². The third kappa shape index (κ3) is 7.65. The molecular weight excluding hydrogens is 614 g/mol. The maximum atomic E-state index is 14.5. The van der Waals surface area contributed by atoms with E-state index in [4.69, 9.17) is 15.5 Å². The fourth-order valence-electron chi connectivity index (χ4n) is 6.32. The van der Waals surface area contributed by atoms with Gasteiger partial charge in [-0.1, -0.05) is 18.2 Å². The predicted molar refractivity (Wildman–Crippen MR) is 172 cm³/mol. The van der Waals surface area contributed by atoms with Crippen molar-refractivity contribution in [1.29, 1.82) is 0 Å². The van der Waals surface area contributed by atoms with Crippen molar-refractivity contribution in [1.82, 2.24) is 19.4 Å². The van der Waals surface area contributed by atoms with E-state index < -0.39 is 29.5 Å². The van der Waals surface area contributed by atoms with Crippen LogP contribution in [0, 0.1) is 5.82 Å². The number of rotatable bonds is 12. The van der Waals surface area contributed by atoms with Crippen LogP contribution in [0.2, 0.25) is 0 Å². The minimum Gasteiger partial charge on any atom is -0.494 e. The third-order valence-corrected chi connectivity index (χ3v) is 8.71. The van der Waals surface area contributed by atoms with Gasteiger partial charge in [0, 0.05) is 12.6 Å². The lowest BCUT2D eigenvalue weighted by Gasteiger charge is -2.34. The Morgan fingerprint density at radius 1 is 1.13 bits per heavy atom. The number of nitrogens with two attached hydrogens (primary N) is 1. The largest absolute Gasteiger partial charge is 0.494 e. The predicted octanol–water partition coefficient (Wildman–Crippen LogP) is 5.89. The highest BCUT2D eigenvalue weighted by molar-refractivity contribution is 5.80. The minimum atomic E-state index is -4.86. The van der Waals surface area contributed by atoms with Crippen LogP contribution in [0.25, 0.3) is 16.6 Å². The summed E-state index contributed by atoms with van der Waals surface area (Å²) in [6.07, 6.45) is -2.37. The molecule has 0 saturated carbocycles. The summed E-state index contributed by atoms with van der Waals surface area (Å²) in [6, 6.07) is 15.9. The average Bonchev–Trinajstić information content (AvgIpc) is 3.45. The van der Waals surface area contributed by atoms with E-state index in [1.165, 1.54) is 4.57 Å². The van der Waals surface area contributed by atoms with Gasteiger partial charge in [0.05, 0.1) is 41.2 Å². The summed E-state index contributed by atoms with van der Waals surface area (Å²) in [7, 11) is 2.03. The van der Waals surface area contributed by atoms with Crippen molar-refractivity contribution in [3.63, 3.8) is 0 Å².